The number of rotatable bonds is 5. The van der Waals surface area contributed by atoms with Gasteiger partial charge >= 0.3 is 0 Å². The number of ether oxygens (including phenoxy) is 3. The Hall–Kier alpha value is -4.33. The van der Waals surface area contributed by atoms with Gasteiger partial charge in [0, 0.05) is 25.1 Å². The lowest BCUT2D eigenvalue weighted by atomic mass is 10.1. The molecule has 1 aromatic carbocycles. The molecule has 1 unspecified atom stereocenters. The Labute approximate surface area is 200 Å². The third-order valence-corrected chi connectivity index (χ3v) is 5.81. The van der Waals surface area contributed by atoms with Crippen molar-refractivity contribution in [3.05, 3.63) is 53.6 Å². The highest BCUT2D eigenvalue weighted by atomic mass is 19.1. The van der Waals surface area contributed by atoms with Crippen molar-refractivity contribution in [2.45, 2.75) is 12.3 Å². The quantitative estimate of drug-likeness (QED) is 0.439. The molecule has 1 saturated heterocycles. The number of halogens is 2. The van der Waals surface area contributed by atoms with Crippen molar-refractivity contribution in [1.82, 2.24) is 19.3 Å². The molecule has 1 amide bonds. The average Bonchev–Trinajstić information content (AvgIpc) is 3.50. The first kappa shape index (κ1) is 23.8. The van der Waals surface area contributed by atoms with Crippen molar-refractivity contribution in [2.75, 3.05) is 40.2 Å². The van der Waals surface area contributed by atoms with E-state index in [1.807, 2.05) is 0 Å². The number of nitrogens with zero attached hydrogens (tertiary/aromatic N) is 4. The topological polar surface area (TPSA) is 104 Å². The number of imidazole rings is 1. The standard InChI is InChI=1S/C24H23F2N5O4/c1-5-18(32)30-9-8-13(12-30)24-29-15(22-23(27)28-11-19(35-4)31(22)24)7-6-14-20(25)16(33-2)10-17(34-3)21(14)26/h5,10-11,13H,1,8-9,12H2,2-4H3,(H2,27,28). The summed E-state index contributed by atoms with van der Waals surface area (Å²) in [5.41, 5.74) is 6.09. The highest BCUT2D eigenvalue weighted by Crippen LogP contribution is 2.34. The van der Waals surface area contributed by atoms with Gasteiger partial charge < -0.3 is 24.8 Å². The van der Waals surface area contributed by atoms with E-state index in [9.17, 15) is 13.6 Å². The van der Waals surface area contributed by atoms with Gasteiger partial charge in [0.25, 0.3) is 0 Å². The van der Waals surface area contributed by atoms with Crippen LogP contribution in [-0.4, -0.2) is 59.6 Å². The molecule has 3 aromatic rings. The number of methoxy groups -OCH3 is 3. The smallest absolute Gasteiger partial charge is 0.245 e. The number of carbonyl (C=O) groups is 1. The molecule has 2 N–H and O–H groups in total. The number of hydrogen-bond acceptors (Lipinski definition) is 7. The maximum absolute atomic E-state index is 14.8. The van der Waals surface area contributed by atoms with Crippen molar-refractivity contribution in [3.8, 4) is 29.2 Å². The summed E-state index contributed by atoms with van der Waals surface area (Å²) in [6.07, 6.45) is 3.34. The largest absolute Gasteiger partial charge is 0.493 e. The number of fused-ring (bicyclic) bond motifs is 1. The van der Waals surface area contributed by atoms with Gasteiger partial charge in [-0.15, -0.1) is 0 Å². The number of likely N-dealkylation sites (tertiary alicyclic amines) is 1. The molecule has 4 rings (SSSR count). The first-order valence-corrected chi connectivity index (χ1v) is 10.6. The van der Waals surface area contributed by atoms with Crippen LogP contribution < -0.4 is 19.9 Å². The molecular weight excluding hydrogens is 460 g/mol. The monoisotopic (exact) mass is 483 g/mol. The Balaban J connectivity index is 1.89. The average molecular weight is 483 g/mol. The first-order valence-electron chi connectivity index (χ1n) is 10.6. The molecule has 2 aromatic heterocycles. The van der Waals surface area contributed by atoms with Crippen molar-refractivity contribution < 1.29 is 27.8 Å². The minimum absolute atomic E-state index is 0.107. The number of hydrogen-bond donors (Lipinski definition) is 1. The van der Waals surface area contributed by atoms with Gasteiger partial charge in [-0.25, -0.2) is 18.7 Å². The van der Waals surface area contributed by atoms with E-state index in [0.717, 1.165) is 6.07 Å². The second-order valence-corrected chi connectivity index (χ2v) is 7.70. The SMILES string of the molecule is C=CC(=O)N1CCC(c2nc(C#Cc3c(F)c(OC)cc(OC)c3F)c3c(N)ncc(OC)n23)C1. The van der Waals surface area contributed by atoms with Gasteiger partial charge in [-0.2, -0.15) is 0 Å². The summed E-state index contributed by atoms with van der Waals surface area (Å²) in [5.74, 6) is 3.50. The molecule has 0 bridgehead atoms. The molecule has 35 heavy (non-hydrogen) atoms. The third kappa shape index (κ3) is 4.07. The van der Waals surface area contributed by atoms with E-state index in [4.69, 9.17) is 19.9 Å². The van der Waals surface area contributed by atoms with E-state index >= 15 is 0 Å². The first-order chi connectivity index (χ1) is 16.8. The van der Waals surface area contributed by atoms with Crippen LogP contribution in [0.25, 0.3) is 5.52 Å². The summed E-state index contributed by atoms with van der Waals surface area (Å²) in [5, 5.41) is 0. The van der Waals surface area contributed by atoms with Gasteiger partial charge in [-0.3, -0.25) is 9.20 Å². The third-order valence-electron chi connectivity index (χ3n) is 5.81. The molecule has 1 atom stereocenters. The zero-order valence-corrected chi connectivity index (χ0v) is 19.4. The Kier molecular flexibility index (Phi) is 6.46. The van der Waals surface area contributed by atoms with E-state index in [-0.39, 0.29) is 34.8 Å². The molecule has 182 valence electrons. The van der Waals surface area contributed by atoms with Gasteiger partial charge in [-0.05, 0) is 18.4 Å². The Morgan fingerprint density at radius 2 is 1.89 bits per heavy atom. The highest BCUT2D eigenvalue weighted by Gasteiger charge is 2.31. The van der Waals surface area contributed by atoms with Crippen LogP contribution in [0, 0.1) is 23.5 Å². The molecule has 0 radical (unpaired) electrons. The molecular formula is C24H23F2N5O4. The molecule has 11 heteroatoms. The highest BCUT2D eigenvalue weighted by molar-refractivity contribution is 5.87. The van der Waals surface area contributed by atoms with Crippen molar-refractivity contribution in [2.24, 2.45) is 0 Å². The Bertz CT molecular complexity index is 1360. The van der Waals surface area contributed by atoms with E-state index in [2.05, 4.69) is 28.4 Å². The summed E-state index contributed by atoms with van der Waals surface area (Å²) in [7, 11) is 3.98. The lowest BCUT2D eigenvalue weighted by Crippen LogP contribution is -2.26. The molecule has 0 saturated carbocycles. The maximum atomic E-state index is 14.8. The maximum Gasteiger partial charge on any atom is 0.245 e. The number of carbonyl (C=O) groups excluding carboxylic acids is 1. The fourth-order valence-electron chi connectivity index (χ4n) is 4.06. The van der Waals surface area contributed by atoms with Crippen LogP contribution in [-0.2, 0) is 4.79 Å². The summed E-state index contributed by atoms with van der Waals surface area (Å²) < 4.78 is 46.7. The normalized spacial score (nSPS) is 15.0. The zero-order valence-electron chi connectivity index (χ0n) is 19.4. The van der Waals surface area contributed by atoms with Crippen molar-refractivity contribution in [3.63, 3.8) is 0 Å². The molecule has 0 spiro atoms. The predicted octanol–water partition coefficient (Wildman–Crippen LogP) is 2.52. The van der Waals surface area contributed by atoms with Crippen LogP contribution in [0.5, 0.6) is 17.4 Å². The molecule has 1 aliphatic rings. The minimum atomic E-state index is -0.972. The minimum Gasteiger partial charge on any atom is -0.493 e. The van der Waals surface area contributed by atoms with Gasteiger partial charge in [0.2, 0.25) is 11.8 Å². The fourth-order valence-corrected chi connectivity index (χ4v) is 4.06. The Morgan fingerprint density at radius 1 is 1.20 bits per heavy atom. The number of benzene rings is 1. The molecule has 1 aliphatic heterocycles. The van der Waals surface area contributed by atoms with Crippen molar-refractivity contribution >= 4 is 17.2 Å². The number of nitrogen functional groups attached to an aromatic ring is 1. The van der Waals surface area contributed by atoms with Crippen LogP contribution in [0.4, 0.5) is 14.6 Å². The molecule has 0 aliphatic carbocycles. The van der Waals surface area contributed by atoms with Crippen molar-refractivity contribution in [1.29, 1.82) is 0 Å². The Morgan fingerprint density at radius 3 is 2.49 bits per heavy atom. The van der Waals surface area contributed by atoms with Crippen LogP contribution in [0.3, 0.4) is 0 Å². The summed E-state index contributed by atoms with van der Waals surface area (Å²) >= 11 is 0. The van der Waals surface area contributed by atoms with Crippen LogP contribution in [0.2, 0.25) is 0 Å². The van der Waals surface area contributed by atoms with Crippen LogP contribution >= 0.6 is 0 Å². The van der Waals surface area contributed by atoms with E-state index in [0.29, 0.717) is 36.7 Å². The number of amides is 1. The van der Waals surface area contributed by atoms with E-state index in [1.54, 1.807) is 9.30 Å². The predicted molar refractivity (Wildman–Crippen MR) is 124 cm³/mol. The zero-order chi connectivity index (χ0) is 25.3. The summed E-state index contributed by atoms with van der Waals surface area (Å²) in [6, 6.07) is 1.10. The number of anilines is 1. The lowest BCUT2D eigenvalue weighted by Gasteiger charge is -2.14. The van der Waals surface area contributed by atoms with Crippen LogP contribution in [0.15, 0.2) is 24.9 Å². The van der Waals surface area contributed by atoms with Gasteiger partial charge in [0.05, 0.1) is 27.5 Å². The lowest BCUT2D eigenvalue weighted by molar-refractivity contribution is -0.125. The fraction of sp³-hybridized carbons (Fsp3) is 0.292. The van der Waals surface area contributed by atoms with E-state index in [1.165, 1.54) is 33.6 Å². The number of nitrogens with two attached hydrogens (primary N) is 1. The summed E-state index contributed by atoms with van der Waals surface area (Å²) in [6.45, 7) is 4.46. The molecule has 3 heterocycles. The summed E-state index contributed by atoms with van der Waals surface area (Å²) in [4.78, 5) is 22.5. The second-order valence-electron chi connectivity index (χ2n) is 7.70. The molecule has 9 nitrogen and oxygen atoms in total. The van der Waals surface area contributed by atoms with Crippen LogP contribution in [0.1, 0.15) is 29.4 Å². The van der Waals surface area contributed by atoms with E-state index < -0.39 is 17.2 Å². The second kappa shape index (κ2) is 9.50. The number of aromatic nitrogens is 3. The van der Waals surface area contributed by atoms with Gasteiger partial charge in [0.1, 0.15) is 22.6 Å². The van der Waals surface area contributed by atoms with Gasteiger partial charge in [0.15, 0.2) is 29.0 Å². The van der Waals surface area contributed by atoms with Gasteiger partial charge in [-0.1, -0.05) is 12.5 Å². The molecule has 1 fully saturated rings.